The summed E-state index contributed by atoms with van der Waals surface area (Å²) in [5, 5.41) is 0.869. The summed E-state index contributed by atoms with van der Waals surface area (Å²) in [4.78, 5) is 23.7. The quantitative estimate of drug-likeness (QED) is 0.852. The first-order valence-corrected chi connectivity index (χ1v) is 7.99. The van der Waals surface area contributed by atoms with Crippen molar-refractivity contribution in [3.05, 3.63) is 34.2 Å². The Labute approximate surface area is 142 Å². The van der Waals surface area contributed by atoms with E-state index in [1.54, 1.807) is 28.3 Å². The molecule has 0 saturated carbocycles. The molecule has 1 saturated heterocycles. The van der Waals surface area contributed by atoms with Crippen molar-refractivity contribution in [2.24, 2.45) is 0 Å². The maximum absolute atomic E-state index is 13.0. The minimum absolute atomic E-state index is 0.0876. The van der Waals surface area contributed by atoms with Crippen LogP contribution >= 0.6 is 23.2 Å². The fourth-order valence-corrected chi connectivity index (χ4v) is 3.77. The molecule has 2 aliphatic rings. The minimum Gasteiger partial charge on any atom is -0.488 e. The SMILES string of the molecule is Cc1[nH]cnc1N1C(=O)N2c3cc(Cl)cc(Cl)c3OCC2C1C. The van der Waals surface area contributed by atoms with Crippen LogP contribution in [0.25, 0.3) is 0 Å². The van der Waals surface area contributed by atoms with Gasteiger partial charge in [-0.05, 0) is 26.0 Å². The van der Waals surface area contributed by atoms with Gasteiger partial charge in [-0.25, -0.2) is 9.78 Å². The van der Waals surface area contributed by atoms with Gasteiger partial charge in [-0.15, -0.1) is 0 Å². The molecule has 0 radical (unpaired) electrons. The number of hydrogen-bond acceptors (Lipinski definition) is 3. The van der Waals surface area contributed by atoms with E-state index in [9.17, 15) is 4.79 Å². The van der Waals surface area contributed by atoms with E-state index in [4.69, 9.17) is 27.9 Å². The van der Waals surface area contributed by atoms with Gasteiger partial charge < -0.3 is 9.72 Å². The highest BCUT2D eigenvalue weighted by Gasteiger charge is 2.49. The number of amides is 2. The number of hydrogen-bond donors (Lipinski definition) is 1. The zero-order valence-electron chi connectivity index (χ0n) is 12.5. The second-order valence-corrected chi connectivity index (χ2v) is 6.57. The van der Waals surface area contributed by atoms with Gasteiger partial charge in [-0.3, -0.25) is 9.80 Å². The van der Waals surface area contributed by atoms with Crippen LogP contribution in [0.1, 0.15) is 12.6 Å². The van der Waals surface area contributed by atoms with Crippen LogP contribution in [0.2, 0.25) is 10.0 Å². The molecule has 0 bridgehead atoms. The Morgan fingerprint density at radius 2 is 2.13 bits per heavy atom. The average molecular weight is 353 g/mol. The van der Waals surface area contributed by atoms with Crippen molar-refractivity contribution in [1.29, 1.82) is 0 Å². The Balaban J connectivity index is 1.83. The third-order valence-electron chi connectivity index (χ3n) is 4.39. The molecule has 2 amide bonds. The monoisotopic (exact) mass is 352 g/mol. The van der Waals surface area contributed by atoms with Crippen LogP contribution in [-0.4, -0.2) is 34.7 Å². The molecule has 1 aromatic heterocycles. The summed E-state index contributed by atoms with van der Waals surface area (Å²) in [5.41, 5.74) is 1.45. The number of fused-ring (bicyclic) bond motifs is 3. The van der Waals surface area contributed by atoms with Crippen LogP contribution < -0.4 is 14.5 Å². The molecule has 3 heterocycles. The Kier molecular flexibility index (Phi) is 3.21. The summed E-state index contributed by atoms with van der Waals surface area (Å²) in [7, 11) is 0. The summed E-state index contributed by atoms with van der Waals surface area (Å²) in [6, 6.07) is 2.96. The standard InChI is InChI=1S/C15H14Cl2N4O2/c1-7-14(19-6-18-7)20-8(2)12-5-23-13-10(17)3-9(16)4-11(13)21(12)15(20)22/h3-4,6,8,12H,5H2,1-2H3,(H,18,19). The Morgan fingerprint density at radius 3 is 2.83 bits per heavy atom. The normalized spacial score (nSPS) is 22.9. The van der Waals surface area contributed by atoms with E-state index in [1.165, 1.54) is 0 Å². The van der Waals surface area contributed by atoms with Crippen molar-refractivity contribution in [3.63, 3.8) is 0 Å². The molecule has 1 fully saturated rings. The number of urea groups is 1. The first-order valence-electron chi connectivity index (χ1n) is 7.23. The number of imidazole rings is 1. The topological polar surface area (TPSA) is 61.5 Å². The van der Waals surface area contributed by atoms with E-state index in [-0.39, 0.29) is 18.1 Å². The molecule has 8 heteroatoms. The van der Waals surface area contributed by atoms with Gasteiger partial charge in [-0.1, -0.05) is 23.2 Å². The van der Waals surface area contributed by atoms with Gasteiger partial charge in [0.2, 0.25) is 0 Å². The molecule has 2 atom stereocenters. The Hall–Kier alpha value is -1.92. The van der Waals surface area contributed by atoms with Gasteiger partial charge in [0.1, 0.15) is 6.61 Å². The highest BCUT2D eigenvalue weighted by molar-refractivity contribution is 6.36. The summed E-state index contributed by atoms with van der Waals surface area (Å²) in [6.45, 7) is 4.25. The second-order valence-electron chi connectivity index (χ2n) is 5.73. The fourth-order valence-electron chi connectivity index (χ4n) is 3.23. The molecule has 23 heavy (non-hydrogen) atoms. The summed E-state index contributed by atoms with van der Waals surface area (Å²) >= 11 is 12.3. The predicted octanol–water partition coefficient (Wildman–Crippen LogP) is 3.62. The van der Waals surface area contributed by atoms with Crippen molar-refractivity contribution in [1.82, 2.24) is 9.97 Å². The third kappa shape index (κ3) is 2.01. The number of benzene rings is 1. The Bertz CT molecular complexity index is 807. The molecule has 6 nitrogen and oxygen atoms in total. The number of nitrogens with one attached hydrogen (secondary N) is 1. The lowest BCUT2D eigenvalue weighted by atomic mass is 10.1. The van der Waals surface area contributed by atoms with Crippen molar-refractivity contribution in [3.8, 4) is 5.75 Å². The maximum atomic E-state index is 13.0. The van der Waals surface area contributed by atoms with Gasteiger partial charge >= 0.3 is 6.03 Å². The van der Waals surface area contributed by atoms with Crippen molar-refractivity contribution in [2.75, 3.05) is 16.4 Å². The summed E-state index contributed by atoms with van der Waals surface area (Å²) in [5.74, 6) is 1.13. The molecule has 2 aliphatic heterocycles. The number of halogens is 2. The van der Waals surface area contributed by atoms with Crippen molar-refractivity contribution >= 4 is 40.7 Å². The summed E-state index contributed by atoms with van der Waals surface area (Å²) < 4.78 is 5.80. The van der Waals surface area contributed by atoms with Crippen LogP contribution in [0.3, 0.4) is 0 Å². The van der Waals surface area contributed by atoms with Crippen LogP contribution in [0.15, 0.2) is 18.5 Å². The van der Waals surface area contributed by atoms with Gasteiger partial charge in [0.25, 0.3) is 0 Å². The Morgan fingerprint density at radius 1 is 1.35 bits per heavy atom. The van der Waals surface area contributed by atoms with E-state index in [2.05, 4.69) is 9.97 Å². The molecule has 1 aromatic carbocycles. The van der Waals surface area contributed by atoms with Gasteiger partial charge in [0.05, 0.1) is 34.8 Å². The van der Waals surface area contributed by atoms with Gasteiger partial charge in [0.15, 0.2) is 11.6 Å². The van der Waals surface area contributed by atoms with Crippen LogP contribution in [0.4, 0.5) is 16.3 Å². The molecule has 4 rings (SSSR count). The minimum atomic E-state index is -0.152. The lowest BCUT2D eigenvalue weighted by Crippen LogP contribution is -2.43. The van der Waals surface area contributed by atoms with Gasteiger partial charge in [0, 0.05) is 5.02 Å². The lowest BCUT2D eigenvalue weighted by Gasteiger charge is -2.32. The van der Waals surface area contributed by atoms with Crippen LogP contribution in [0, 0.1) is 6.92 Å². The molecular formula is C15H14Cl2N4O2. The third-order valence-corrected chi connectivity index (χ3v) is 4.89. The first-order chi connectivity index (χ1) is 11.0. The van der Waals surface area contributed by atoms with E-state index < -0.39 is 0 Å². The average Bonchev–Trinajstić information content (AvgIpc) is 3.01. The smallest absolute Gasteiger partial charge is 0.331 e. The zero-order chi connectivity index (χ0) is 16.3. The number of anilines is 2. The van der Waals surface area contributed by atoms with E-state index >= 15 is 0 Å². The van der Waals surface area contributed by atoms with E-state index in [0.717, 1.165) is 5.69 Å². The van der Waals surface area contributed by atoms with Crippen LogP contribution in [0.5, 0.6) is 5.75 Å². The van der Waals surface area contributed by atoms with Crippen LogP contribution in [-0.2, 0) is 0 Å². The lowest BCUT2D eigenvalue weighted by molar-refractivity contribution is 0.246. The number of aromatic nitrogens is 2. The molecule has 2 unspecified atom stereocenters. The van der Waals surface area contributed by atoms with Crippen molar-refractivity contribution < 1.29 is 9.53 Å². The number of rotatable bonds is 1. The number of H-pyrrole nitrogens is 1. The molecular weight excluding hydrogens is 339 g/mol. The number of nitrogens with zero attached hydrogens (tertiary/aromatic N) is 3. The largest absolute Gasteiger partial charge is 0.488 e. The van der Waals surface area contributed by atoms with Gasteiger partial charge in [-0.2, -0.15) is 0 Å². The number of carbonyl (C=O) groups is 1. The molecule has 0 aliphatic carbocycles. The molecule has 120 valence electrons. The summed E-state index contributed by atoms with van der Waals surface area (Å²) in [6.07, 6.45) is 1.58. The fraction of sp³-hybridized carbons (Fsp3) is 0.333. The highest BCUT2D eigenvalue weighted by atomic mass is 35.5. The predicted molar refractivity (Wildman–Crippen MR) is 88.9 cm³/mol. The second kappa shape index (κ2) is 5.04. The van der Waals surface area contributed by atoms with E-state index in [0.29, 0.717) is 33.9 Å². The maximum Gasteiger partial charge on any atom is 0.331 e. The first kappa shape index (κ1) is 14.7. The molecule has 1 N–H and O–H groups in total. The molecule has 0 spiro atoms. The molecule has 2 aromatic rings. The van der Waals surface area contributed by atoms with Crippen molar-refractivity contribution in [2.45, 2.75) is 25.9 Å². The van der Waals surface area contributed by atoms with E-state index in [1.807, 2.05) is 13.8 Å². The zero-order valence-corrected chi connectivity index (χ0v) is 14.0. The number of aromatic amines is 1. The highest BCUT2D eigenvalue weighted by Crippen LogP contribution is 2.46. The number of carbonyl (C=O) groups excluding carboxylic acids is 1. The number of ether oxygens (including phenoxy) is 1. The number of aryl methyl sites for hydroxylation is 1.